The van der Waals surface area contributed by atoms with Crippen LogP contribution in [0.3, 0.4) is 0 Å². The number of halogens is 1. The second-order valence-corrected chi connectivity index (χ2v) is 9.63. The zero-order valence-corrected chi connectivity index (χ0v) is 17.8. The molecule has 2 atom stereocenters. The fraction of sp³-hybridized carbons (Fsp3) is 0.938. The molecule has 2 fully saturated rings. The third-order valence-corrected chi connectivity index (χ3v) is 6.28. The highest BCUT2D eigenvalue weighted by Crippen LogP contribution is 2.18. The molecule has 2 aliphatic rings. The lowest BCUT2D eigenvalue weighted by atomic mass is 10.0. The average molecular weight is 457 g/mol. The van der Waals surface area contributed by atoms with Gasteiger partial charge in [0.25, 0.3) is 0 Å². The zero-order valence-electron chi connectivity index (χ0n) is 14.6. The number of hydrogen-bond donors (Lipinski definition) is 1. The number of piperidine rings is 1. The summed E-state index contributed by atoms with van der Waals surface area (Å²) in [5, 5.41) is 3.46. The Balaban J connectivity index is 0.00000264. The van der Waals surface area contributed by atoms with Crippen LogP contribution in [0.2, 0.25) is 0 Å². The van der Waals surface area contributed by atoms with Gasteiger partial charge in [0.05, 0.1) is 11.5 Å². The van der Waals surface area contributed by atoms with Crippen molar-refractivity contribution in [3.63, 3.8) is 0 Å². The SMILES string of the molecule is CC(C)CN=C(NCC1CCS(=O)(=O)C1)N1CCCC(C)C1.I. The maximum absolute atomic E-state index is 11.6. The maximum Gasteiger partial charge on any atom is 0.193 e. The standard InChI is InChI=1S/C16H31N3O2S.HI/c1-13(2)9-17-16(19-7-4-5-14(3)11-19)18-10-15-6-8-22(20,21)12-15;/h13-15H,4-12H2,1-3H3,(H,17,18);1H. The Morgan fingerprint density at radius 2 is 2.09 bits per heavy atom. The average Bonchev–Trinajstić information content (AvgIpc) is 2.78. The number of aliphatic imine (C=N–C) groups is 1. The Labute approximate surface area is 158 Å². The summed E-state index contributed by atoms with van der Waals surface area (Å²) in [7, 11) is -2.80. The number of guanidine groups is 1. The summed E-state index contributed by atoms with van der Waals surface area (Å²) >= 11 is 0. The van der Waals surface area contributed by atoms with Crippen LogP contribution < -0.4 is 5.32 Å². The summed E-state index contributed by atoms with van der Waals surface area (Å²) in [6.07, 6.45) is 3.28. The maximum atomic E-state index is 11.6. The van der Waals surface area contributed by atoms with Crippen LogP contribution in [0.4, 0.5) is 0 Å². The summed E-state index contributed by atoms with van der Waals surface area (Å²) in [5.41, 5.74) is 0. The van der Waals surface area contributed by atoms with E-state index >= 15 is 0 Å². The van der Waals surface area contributed by atoms with Gasteiger partial charge in [0.15, 0.2) is 15.8 Å². The zero-order chi connectivity index (χ0) is 16.2. The van der Waals surface area contributed by atoms with E-state index < -0.39 is 9.84 Å². The Morgan fingerprint density at radius 3 is 2.65 bits per heavy atom. The quantitative estimate of drug-likeness (QED) is 0.400. The van der Waals surface area contributed by atoms with E-state index in [2.05, 4.69) is 31.0 Å². The van der Waals surface area contributed by atoms with Gasteiger partial charge in [0.2, 0.25) is 0 Å². The van der Waals surface area contributed by atoms with Crippen LogP contribution in [-0.4, -0.2) is 57.0 Å². The van der Waals surface area contributed by atoms with Crippen molar-refractivity contribution >= 4 is 39.8 Å². The molecule has 2 rings (SSSR count). The van der Waals surface area contributed by atoms with Gasteiger partial charge in [-0.1, -0.05) is 20.8 Å². The monoisotopic (exact) mass is 457 g/mol. The third-order valence-electron chi connectivity index (χ3n) is 4.44. The van der Waals surface area contributed by atoms with Gasteiger partial charge in [-0.05, 0) is 37.0 Å². The van der Waals surface area contributed by atoms with Crippen molar-refractivity contribution in [2.24, 2.45) is 22.7 Å². The minimum atomic E-state index is -2.80. The molecule has 23 heavy (non-hydrogen) atoms. The van der Waals surface area contributed by atoms with Crippen molar-refractivity contribution in [1.29, 1.82) is 0 Å². The summed E-state index contributed by atoms with van der Waals surface area (Å²) in [6.45, 7) is 10.3. The van der Waals surface area contributed by atoms with E-state index in [1.165, 1.54) is 12.8 Å². The van der Waals surface area contributed by atoms with Gasteiger partial charge in [-0.2, -0.15) is 0 Å². The number of hydrogen-bond acceptors (Lipinski definition) is 3. The van der Waals surface area contributed by atoms with Crippen molar-refractivity contribution in [2.75, 3.05) is 37.7 Å². The minimum absolute atomic E-state index is 0. The number of rotatable bonds is 4. The van der Waals surface area contributed by atoms with Crippen LogP contribution in [0.5, 0.6) is 0 Å². The molecule has 0 bridgehead atoms. The van der Waals surface area contributed by atoms with Gasteiger partial charge < -0.3 is 10.2 Å². The third kappa shape index (κ3) is 7.15. The van der Waals surface area contributed by atoms with Crippen molar-refractivity contribution in [2.45, 2.75) is 40.0 Å². The van der Waals surface area contributed by atoms with Gasteiger partial charge in [-0.25, -0.2) is 8.42 Å². The molecule has 2 heterocycles. The van der Waals surface area contributed by atoms with Gasteiger partial charge in [0.1, 0.15) is 0 Å². The van der Waals surface area contributed by atoms with Crippen molar-refractivity contribution < 1.29 is 8.42 Å². The predicted octanol–water partition coefficient (Wildman–Crippen LogP) is 2.37. The molecular formula is C16H32IN3O2S. The largest absolute Gasteiger partial charge is 0.356 e. The molecule has 0 radical (unpaired) electrons. The lowest BCUT2D eigenvalue weighted by Crippen LogP contribution is -2.47. The van der Waals surface area contributed by atoms with Crippen LogP contribution in [0.25, 0.3) is 0 Å². The van der Waals surface area contributed by atoms with E-state index in [0.717, 1.165) is 38.6 Å². The molecule has 2 unspecified atom stereocenters. The van der Waals surface area contributed by atoms with E-state index in [1.807, 2.05) is 0 Å². The topological polar surface area (TPSA) is 61.8 Å². The number of nitrogens with one attached hydrogen (secondary N) is 1. The highest BCUT2D eigenvalue weighted by molar-refractivity contribution is 14.0. The second-order valence-electron chi connectivity index (χ2n) is 7.40. The normalized spacial score (nSPS) is 27.8. The minimum Gasteiger partial charge on any atom is -0.356 e. The molecule has 5 nitrogen and oxygen atoms in total. The van der Waals surface area contributed by atoms with Gasteiger partial charge in [-0.15, -0.1) is 24.0 Å². The van der Waals surface area contributed by atoms with Crippen molar-refractivity contribution in [1.82, 2.24) is 10.2 Å². The van der Waals surface area contributed by atoms with E-state index in [4.69, 9.17) is 4.99 Å². The van der Waals surface area contributed by atoms with Crippen LogP contribution in [0.1, 0.15) is 40.0 Å². The van der Waals surface area contributed by atoms with E-state index in [9.17, 15) is 8.42 Å². The summed E-state index contributed by atoms with van der Waals surface area (Å²) in [6, 6.07) is 0. The Hall–Kier alpha value is -0.0500. The fourth-order valence-corrected chi connectivity index (χ4v) is 5.05. The molecule has 0 aromatic heterocycles. The van der Waals surface area contributed by atoms with Crippen molar-refractivity contribution in [3.05, 3.63) is 0 Å². The number of sulfone groups is 1. The molecule has 0 aromatic carbocycles. The fourth-order valence-electron chi connectivity index (χ4n) is 3.19. The molecular weight excluding hydrogens is 425 g/mol. The smallest absolute Gasteiger partial charge is 0.193 e. The van der Waals surface area contributed by atoms with Gasteiger partial charge in [0, 0.05) is 26.2 Å². The van der Waals surface area contributed by atoms with Crippen LogP contribution in [0, 0.1) is 17.8 Å². The summed E-state index contributed by atoms with van der Waals surface area (Å²) < 4.78 is 23.2. The van der Waals surface area contributed by atoms with Crippen LogP contribution in [-0.2, 0) is 9.84 Å². The molecule has 2 aliphatic heterocycles. The first-order chi connectivity index (χ1) is 10.4. The number of likely N-dealkylation sites (tertiary alicyclic amines) is 1. The highest BCUT2D eigenvalue weighted by atomic mass is 127. The lowest BCUT2D eigenvalue weighted by molar-refractivity contribution is 0.264. The first-order valence-electron chi connectivity index (χ1n) is 8.59. The lowest BCUT2D eigenvalue weighted by Gasteiger charge is -2.34. The molecule has 7 heteroatoms. The van der Waals surface area contributed by atoms with E-state index in [0.29, 0.717) is 23.3 Å². The molecule has 0 aromatic rings. The molecule has 0 aliphatic carbocycles. The number of nitrogens with zero attached hydrogens (tertiary/aromatic N) is 2. The van der Waals surface area contributed by atoms with Crippen molar-refractivity contribution in [3.8, 4) is 0 Å². The first kappa shape index (κ1) is 21.0. The molecule has 0 amide bonds. The molecule has 0 saturated carbocycles. The Bertz CT molecular complexity index is 494. The summed E-state index contributed by atoms with van der Waals surface area (Å²) in [4.78, 5) is 7.11. The Kier molecular flexibility index (Phi) is 8.61. The van der Waals surface area contributed by atoms with Crippen LogP contribution in [0.15, 0.2) is 4.99 Å². The van der Waals surface area contributed by atoms with Gasteiger partial charge >= 0.3 is 0 Å². The van der Waals surface area contributed by atoms with E-state index in [-0.39, 0.29) is 29.9 Å². The molecule has 136 valence electrons. The molecule has 0 spiro atoms. The van der Waals surface area contributed by atoms with E-state index in [1.54, 1.807) is 0 Å². The first-order valence-corrected chi connectivity index (χ1v) is 10.4. The predicted molar refractivity (Wildman–Crippen MR) is 107 cm³/mol. The van der Waals surface area contributed by atoms with Gasteiger partial charge in [-0.3, -0.25) is 4.99 Å². The second kappa shape index (κ2) is 9.44. The highest BCUT2D eigenvalue weighted by Gasteiger charge is 2.28. The summed E-state index contributed by atoms with van der Waals surface area (Å²) in [5.74, 6) is 3.12. The Morgan fingerprint density at radius 1 is 1.35 bits per heavy atom. The molecule has 1 N–H and O–H groups in total. The molecule has 2 saturated heterocycles. The van der Waals surface area contributed by atoms with Crippen LogP contribution >= 0.6 is 24.0 Å².